The van der Waals surface area contributed by atoms with Crippen LogP contribution in [0, 0.1) is 6.92 Å². The number of nitrogens with two attached hydrogens (primary N) is 1. The van der Waals surface area contributed by atoms with Crippen molar-refractivity contribution in [3.05, 3.63) is 29.3 Å². The maximum absolute atomic E-state index is 6.39. The summed E-state index contributed by atoms with van der Waals surface area (Å²) in [4.78, 5) is 2.33. The average molecular weight is 280 g/mol. The van der Waals surface area contributed by atoms with Crippen molar-refractivity contribution < 1.29 is 9.47 Å². The first-order valence-electron chi connectivity index (χ1n) is 7.12. The van der Waals surface area contributed by atoms with Crippen molar-refractivity contribution in [3.63, 3.8) is 0 Å². The Morgan fingerprint density at radius 3 is 2.50 bits per heavy atom. The lowest BCUT2D eigenvalue weighted by Gasteiger charge is -2.29. The van der Waals surface area contributed by atoms with Gasteiger partial charge in [0, 0.05) is 37.8 Å². The molecule has 0 radical (unpaired) electrons. The lowest BCUT2D eigenvalue weighted by atomic mass is 10.0. The van der Waals surface area contributed by atoms with E-state index in [0.717, 1.165) is 31.0 Å². The van der Waals surface area contributed by atoms with Gasteiger partial charge < -0.3 is 15.2 Å². The van der Waals surface area contributed by atoms with Gasteiger partial charge in [-0.05, 0) is 26.8 Å². The lowest BCUT2D eigenvalue weighted by molar-refractivity contribution is 0.124. The van der Waals surface area contributed by atoms with Crippen LogP contribution in [0.5, 0.6) is 5.75 Å². The maximum atomic E-state index is 6.39. The van der Waals surface area contributed by atoms with Gasteiger partial charge in [-0.2, -0.15) is 0 Å². The van der Waals surface area contributed by atoms with Crippen molar-refractivity contribution >= 4 is 0 Å². The van der Waals surface area contributed by atoms with Crippen LogP contribution in [0.2, 0.25) is 0 Å². The second-order valence-corrected chi connectivity index (χ2v) is 5.43. The maximum Gasteiger partial charge on any atom is 0.123 e. The third-order valence-corrected chi connectivity index (χ3v) is 3.53. The van der Waals surface area contributed by atoms with Crippen LogP contribution in [0.3, 0.4) is 0 Å². The van der Waals surface area contributed by atoms with Crippen molar-refractivity contribution in [2.45, 2.75) is 32.9 Å². The van der Waals surface area contributed by atoms with Gasteiger partial charge in [0.1, 0.15) is 5.75 Å². The van der Waals surface area contributed by atoms with Crippen LogP contribution in [-0.4, -0.2) is 44.9 Å². The van der Waals surface area contributed by atoms with Crippen LogP contribution in [0.15, 0.2) is 18.2 Å². The molecule has 0 bridgehead atoms. The highest BCUT2D eigenvalue weighted by Gasteiger charge is 2.18. The molecule has 0 amide bonds. The molecule has 1 aromatic rings. The van der Waals surface area contributed by atoms with Crippen molar-refractivity contribution in [2.75, 3.05) is 33.9 Å². The molecule has 0 aliphatic carbocycles. The van der Waals surface area contributed by atoms with Gasteiger partial charge in [0.05, 0.1) is 13.7 Å². The number of nitrogens with zero attached hydrogens (tertiary/aromatic N) is 1. The van der Waals surface area contributed by atoms with E-state index < -0.39 is 0 Å². The molecule has 0 aliphatic heterocycles. The summed E-state index contributed by atoms with van der Waals surface area (Å²) in [5.74, 6) is 0.860. The van der Waals surface area contributed by atoms with Gasteiger partial charge in [0.25, 0.3) is 0 Å². The van der Waals surface area contributed by atoms with E-state index in [1.54, 1.807) is 14.2 Å². The zero-order chi connectivity index (χ0) is 15.1. The Labute approximate surface area is 122 Å². The summed E-state index contributed by atoms with van der Waals surface area (Å²) in [7, 11) is 3.41. The minimum atomic E-state index is -0.0656. The van der Waals surface area contributed by atoms with Crippen molar-refractivity contribution in [1.29, 1.82) is 0 Å². The Balaban J connectivity index is 2.82. The van der Waals surface area contributed by atoms with Gasteiger partial charge in [-0.15, -0.1) is 0 Å². The van der Waals surface area contributed by atoms with E-state index in [1.807, 2.05) is 12.1 Å². The van der Waals surface area contributed by atoms with Crippen molar-refractivity contribution in [3.8, 4) is 5.75 Å². The van der Waals surface area contributed by atoms with E-state index in [0.29, 0.717) is 6.04 Å². The number of aryl methyl sites for hydroxylation is 1. The molecule has 4 heteroatoms. The highest BCUT2D eigenvalue weighted by molar-refractivity contribution is 5.39. The van der Waals surface area contributed by atoms with E-state index in [2.05, 4.69) is 31.7 Å². The van der Waals surface area contributed by atoms with E-state index in [9.17, 15) is 0 Å². The molecule has 2 N–H and O–H groups in total. The van der Waals surface area contributed by atoms with E-state index >= 15 is 0 Å². The molecule has 20 heavy (non-hydrogen) atoms. The number of rotatable bonds is 8. The summed E-state index contributed by atoms with van der Waals surface area (Å²) in [6.07, 6.45) is 0. The van der Waals surface area contributed by atoms with Crippen LogP contribution in [0.25, 0.3) is 0 Å². The monoisotopic (exact) mass is 280 g/mol. The van der Waals surface area contributed by atoms with Gasteiger partial charge >= 0.3 is 0 Å². The largest absolute Gasteiger partial charge is 0.496 e. The number of hydrogen-bond donors (Lipinski definition) is 1. The predicted molar refractivity (Wildman–Crippen MR) is 83.2 cm³/mol. The summed E-state index contributed by atoms with van der Waals surface area (Å²) in [5.41, 5.74) is 8.65. The van der Waals surface area contributed by atoms with E-state index in [-0.39, 0.29) is 6.04 Å². The SMILES string of the molecule is COCCN(CC(N)c1cc(C)ccc1OC)C(C)C. The Bertz CT molecular complexity index is 407. The fourth-order valence-electron chi connectivity index (χ4n) is 2.26. The Morgan fingerprint density at radius 1 is 1.25 bits per heavy atom. The fraction of sp³-hybridized carbons (Fsp3) is 0.625. The highest BCUT2D eigenvalue weighted by atomic mass is 16.5. The fourth-order valence-corrected chi connectivity index (χ4v) is 2.26. The van der Waals surface area contributed by atoms with Crippen LogP contribution in [0.1, 0.15) is 31.0 Å². The molecule has 0 saturated carbocycles. The average Bonchev–Trinajstić information content (AvgIpc) is 2.42. The molecule has 4 nitrogen and oxygen atoms in total. The number of methoxy groups -OCH3 is 2. The van der Waals surface area contributed by atoms with Gasteiger partial charge in [0.15, 0.2) is 0 Å². The molecular weight excluding hydrogens is 252 g/mol. The van der Waals surface area contributed by atoms with Gasteiger partial charge in [0.2, 0.25) is 0 Å². The Morgan fingerprint density at radius 2 is 1.95 bits per heavy atom. The molecule has 0 heterocycles. The number of ether oxygens (including phenoxy) is 2. The number of hydrogen-bond acceptors (Lipinski definition) is 4. The second kappa shape index (κ2) is 8.25. The molecular formula is C16H28N2O2. The van der Waals surface area contributed by atoms with Gasteiger partial charge in [-0.1, -0.05) is 17.7 Å². The molecule has 1 rings (SSSR count). The highest BCUT2D eigenvalue weighted by Crippen LogP contribution is 2.25. The summed E-state index contributed by atoms with van der Waals surface area (Å²) in [5, 5.41) is 0. The van der Waals surface area contributed by atoms with Crippen LogP contribution >= 0.6 is 0 Å². The van der Waals surface area contributed by atoms with Crippen molar-refractivity contribution in [2.24, 2.45) is 5.73 Å². The van der Waals surface area contributed by atoms with Gasteiger partial charge in [-0.3, -0.25) is 4.90 Å². The van der Waals surface area contributed by atoms with Crippen LogP contribution in [0.4, 0.5) is 0 Å². The Hall–Kier alpha value is -1.10. The van der Waals surface area contributed by atoms with Crippen LogP contribution < -0.4 is 10.5 Å². The van der Waals surface area contributed by atoms with E-state index in [4.69, 9.17) is 15.2 Å². The summed E-state index contributed by atoms with van der Waals surface area (Å²) >= 11 is 0. The minimum Gasteiger partial charge on any atom is -0.496 e. The molecule has 0 aromatic heterocycles. The quantitative estimate of drug-likeness (QED) is 0.794. The zero-order valence-corrected chi connectivity index (χ0v) is 13.3. The van der Waals surface area contributed by atoms with Gasteiger partial charge in [-0.25, -0.2) is 0 Å². The normalized spacial score (nSPS) is 13.0. The first-order valence-corrected chi connectivity index (χ1v) is 7.12. The molecule has 1 unspecified atom stereocenters. The first-order chi connectivity index (χ1) is 9.49. The summed E-state index contributed by atoms with van der Waals surface area (Å²) in [6.45, 7) is 8.82. The molecule has 0 spiro atoms. The third-order valence-electron chi connectivity index (χ3n) is 3.53. The van der Waals surface area contributed by atoms with Crippen LogP contribution in [-0.2, 0) is 4.74 Å². The zero-order valence-electron chi connectivity index (χ0n) is 13.3. The first kappa shape index (κ1) is 17.0. The molecule has 1 aromatic carbocycles. The number of benzene rings is 1. The van der Waals surface area contributed by atoms with Crippen molar-refractivity contribution in [1.82, 2.24) is 4.90 Å². The topological polar surface area (TPSA) is 47.7 Å². The lowest BCUT2D eigenvalue weighted by Crippen LogP contribution is -2.39. The minimum absolute atomic E-state index is 0.0656. The predicted octanol–water partition coefficient (Wildman–Crippen LogP) is 2.36. The summed E-state index contributed by atoms with van der Waals surface area (Å²) in [6, 6.07) is 6.51. The molecule has 0 fully saturated rings. The second-order valence-electron chi connectivity index (χ2n) is 5.43. The standard InChI is InChI=1S/C16H28N2O2/c1-12(2)18(8-9-19-4)11-15(17)14-10-13(3)6-7-16(14)20-5/h6-7,10,12,15H,8-9,11,17H2,1-5H3. The molecule has 0 saturated heterocycles. The molecule has 1 atom stereocenters. The molecule has 0 aliphatic rings. The Kier molecular flexibility index (Phi) is 6.99. The molecule has 114 valence electrons. The summed E-state index contributed by atoms with van der Waals surface area (Å²) < 4.78 is 10.6. The smallest absolute Gasteiger partial charge is 0.123 e. The third kappa shape index (κ3) is 4.78. The van der Waals surface area contributed by atoms with E-state index in [1.165, 1.54) is 5.56 Å².